The van der Waals surface area contributed by atoms with Crippen LogP contribution in [-0.4, -0.2) is 29.0 Å². The summed E-state index contributed by atoms with van der Waals surface area (Å²) in [6.07, 6.45) is 8.71. The highest BCUT2D eigenvalue weighted by Gasteiger charge is 2.33. The first kappa shape index (κ1) is 12.9. The van der Waals surface area contributed by atoms with Crippen LogP contribution in [0.3, 0.4) is 0 Å². The van der Waals surface area contributed by atoms with Crippen molar-refractivity contribution in [2.75, 3.05) is 18.4 Å². The first-order chi connectivity index (χ1) is 9.36. The first-order valence-corrected chi connectivity index (χ1v) is 7.78. The third-order valence-electron chi connectivity index (χ3n) is 4.06. The van der Waals surface area contributed by atoms with Crippen LogP contribution in [0.15, 0.2) is 18.3 Å². The second kappa shape index (κ2) is 5.91. The molecule has 2 aliphatic rings. The summed E-state index contributed by atoms with van der Waals surface area (Å²) in [5, 5.41) is 3.46. The van der Waals surface area contributed by atoms with E-state index in [-0.39, 0.29) is 0 Å². The van der Waals surface area contributed by atoms with E-state index in [1.165, 1.54) is 37.8 Å². The van der Waals surface area contributed by atoms with E-state index in [1.54, 1.807) is 0 Å². The van der Waals surface area contributed by atoms with E-state index < -0.39 is 0 Å². The molecule has 0 atom stereocenters. The minimum atomic E-state index is 0.847. The van der Waals surface area contributed by atoms with Crippen molar-refractivity contribution in [3.05, 3.63) is 23.9 Å². The Morgan fingerprint density at radius 2 is 2.16 bits per heavy atom. The molecular weight excluding hydrogens is 234 g/mol. The van der Waals surface area contributed by atoms with Crippen LogP contribution < -0.4 is 5.32 Å². The fourth-order valence-electron chi connectivity index (χ4n) is 2.60. The van der Waals surface area contributed by atoms with Gasteiger partial charge >= 0.3 is 0 Å². The quantitative estimate of drug-likeness (QED) is 0.776. The zero-order valence-electron chi connectivity index (χ0n) is 11.9. The molecule has 1 N–H and O–H groups in total. The number of nitrogens with one attached hydrogen (secondary N) is 1. The van der Waals surface area contributed by atoms with E-state index >= 15 is 0 Å². The third-order valence-corrected chi connectivity index (χ3v) is 4.06. The topological polar surface area (TPSA) is 28.2 Å². The fraction of sp³-hybridized carbons (Fsp3) is 0.688. The summed E-state index contributed by atoms with van der Waals surface area (Å²) < 4.78 is 0. The van der Waals surface area contributed by atoms with Crippen molar-refractivity contribution < 1.29 is 0 Å². The van der Waals surface area contributed by atoms with E-state index in [0.717, 1.165) is 37.3 Å². The monoisotopic (exact) mass is 259 g/mol. The van der Waals surface area contributed by atoms with Crippen LogP contribution in [0.4, 0.5) is 5.82 Å². The normalized spacial score (nSPS) is 18.8. The molecule has 3 heteroatoms. The summed E-state index contributed by atoms with van der Waals surface area (Å²) in [4.78, 5) is 7.19. The molecule has 0 amide bonds. The minimum absolute atomic E-state index is 0.847. The molecule has 19 heavy (non-hydrogen) atoms. The van der Waals surface area contributed by atoms with Crippen molar-refractivity contribution in [2.24, 2.45) is 5.92 Å². The van der Waals surface area contributed by atoms with Gasteiger partial charge in [-0.25, -0.2) is 4.98 Å². The van der Waals surface area contributed by atoms with Gasteiger partial charge in [0.2, 0.25) is 0 Å². The van der Waals surface area contributed by atoms with Crippen molar-refractivity contribution in [3.63, 3.8) is 0 Å². The lowest BCUT2D eigenvalue weighted by Gasteiger charge is -2.23. The fourth-order valence-corrected chi connectivity index (χ4v) is 2.60. The molecule has 1 aromatic heterocycles. The van der Waals surface area contributed by atoms with Crippen LogP contribution in [0.25, 0.3) is 0 Å². The highest BCUT2D eigenvalue weighted by molar-refractivity contribution is 5.43. The Labute approximate surface area is 116 Å². The maximum Gasteiger partial charge on any atom is 0.130 e. The van der Waals surface area contributed by atoms with Crippen molar-refractivity contribution in [3.8, 4) is 0 Å². The van der Waals surface area contributed by atoms with Gasteiger partial charge in [0.1, 0.15) is 5.82 Å². The van der Waals surface area contributed by atoms with Gasteiger partial charge in [-0.05, 0) is 44.1 Å². The molecule has 0 radical (unpaired) electrons. The number of rotatable bonds is 8. The number of aromatic nitrogens is 1. The summed E-state index contributed by atoms with van der Waals surface area (Å²) in [7, 11) is 0. The Bertz CT molecular complexity index is 410. The summed E-state index contributed by atoms with van der Waals surface area (Å²) in [6, 6.07) is 5.14. The molecule has 2 aliphatic carbocycles. The highest BCUT2D eigenvalue weighted by atomic mass is 15.2. The molecule has 2 saturated carbocycles. The SMILES string of the molecule is CCCNc1ncccc1CN(CC1CC1)C1CC1. The Kier molecular flexibility index (Phi) is 4.02. The van der Waals surface area contributed by atoms with E-state index in [4.69, 9.17) is 0 Å². The lowest BCUT2D eigenvalue weighted by molar-refractivity contribution is 0.244. The van der Waals surface area contributed by atoms with E-state index in [2.05, 4.69) is 34.3 Å². The predicted octanol–water partition coefficient (Wildman–Crippen LogP) is 3.28. The Morgan fingerprint density at radius 1 is 1.32 bits per heavy atom. The van der Waals surface area contributed by atoms with Crippen LogP contribution in [-0.2, 0) is 6.54 Å². The lowest BCUT2D eigenvalue weighted by Crippen LogP contribution is -2.28. The third kappa shape index (κ3) is 3.69. The maximum atomic E-state index is 4.51. The smallest absolute Gasteiger partial charge is 0.130 e. The molecule has 1 heterocycles. The average Bonchev–Trinajstić information content (AvgIpc) is 3.28. The molecule has 3 rings (SSSR count). The van der Waals surface area contributed by atoms with Crippen molar-refractivity contribution in [1.29, 1.82) is 0 Å². The second-order valence-corrected chi connectivity index (χ2v) is 6.04. The van der Waals surface area contributed by atoms with E-state index in [9.17, 15) is 0 Å². The molecule has 0 aromatic carbocycles. The Balaban J connectivity index is 1.65. The van der Waals surface area contributed by atoms with Gasteiger partial charge in [0.15, 0.2) is 0 Å². The molecular formula is C16H25N3. The molecule has 3 nitrogen and oxygen atoms in total. The van der Waals surface area contributed by atoms with Gasteiger partial charge in [0.05, 0.1) is 0 Å². The number of hydrogen-bond donors (Lipinski definition) is 1. The average molecular weight is 259 g/mol. The maximum absolute atomic E-state index is 4.51. The molecule has 0 spiro atoms. The summed E-state index contributed by atoms with van der Waals surface area (Å²) in [5.74, 6) is 2.06. The first-order valence-electron chi connectivity index (χ1n) is 7.78. The predicted molar refractivity (Wildman–Crippen MR) is 79.2 cm³/mol. The van der Waals surface area contributed by atoms with Crippen LogP contribution in [0, 0.1) is 5.92 Å². The molecule has 0 unspecified atom stereocenters. The van der Waals surface area contributed by atoms with Crippen molar-refractivity contribution >= 4 is 5.82 Å². The van der Waals surface area contributed by atoms with E-state index in [1.807, 2.05) is 6.20 Å². The lowest BCUT2D eigenvalue weighted by atomic mass is 10.2. The second-order valence-electron chi connectivity index (χ2n) is 6.04. The van der Waals surface area contributed by atoms with Crippen LogP contribution in [0.1, 0.15) is 44.6 Å². The van der Waals surface area contributed by atoms with Gasteiger partial charge in [-0.3, -0.25) is 4.90 Å². The highest BCUT2D eigenvalue weighted by Crippen LogP contribution is 2.36. The molecule has 0 aliphatic heterocycles. The summed E-state index contributed by atoms with van der Waals surface area (Å²) >= 11 is 0. The van der Waals surface area contributed by atoms with Crippen molar-refractivity contribution in [2.45, 2.75) is 51.6 Å². The van der Waals surface area contributed by atoms with E-state index in [0.29, 0.717) is 0 Å². The number of hydrogen-bond acceptors (Lipinski definition) is 3. The number of pyridine rings is 1. The molecule has 1 aromatic rings. The number of nitrogens with zero attached hydrogens (tertiary/aromatic N) is 2. The van der Waals surface area contributed by atoms with Gasteiger partial charge < -0.3 is 5.32 Å². The summed E-state index contributed by atoms with van der Waals surface area (Å²) in [6.45, 7) is 5.57. The standard InChI is InChI=1S/C16H25N3/c1-2-9-17-16-14(4-3-10-18-16)12-19(15-7-8-15)11-13-5-6-13/h3-4,10,13,15H,2,5-9,11-12H2,1H3,(H,17,18). The Hall–Kier alpha value is -1.09. The largest absolute Gasteiger partial charge is 0.370 e. The summed E-state index contributed by atoms with van der Waals surface area (Å²) in [5.41, 5.74) is 1.36. The molecule has 104 valence electrons. The van der Waals surface area contributed by atoms with Gasteiger partial charge in [0, 0.05) is 37.4 Å². The number of anilines is 1. The molecule has 0 saturated heterocycles. The molecule has 2 fully saturated rings. The van der Waals surface area contributed by atoms with Crippen LogP contribution in [0.5, 0.6) is 0 Å². The van der Waals surface area contributed by atoms with Gasteiger partial charge in [0.25, 0.3) is 0 Å². The van der Waals surface area contributed by atoms with Gasteiger partial charge in [-0.2, -0.15) is 0 Å². The molecule has 0 bridgehead atoms. The minimum Gasteiger partial charge on any atom is -0.370 e. The Morgan fingerprint density at radius 3 is 2.84 bits per heavy atom. The van der Waals surface area contributed by atoms with Crippen LogP contribution >= 0.6 is 0 Å². The van der Waals surface area contributed by atoms with Gasteiger partial charge in [-0.15, -0.1) is 0 Å². The zero-order valence-corrected chi connectivity index (χ0v) is 11.9. The van der Waals surface area contributed by atoms with Crippen molar-refractivity contribution in [1.82, 2.24) is 9.88 Å². The van der Waals surface area contributed by atoms with Crippen LogP contribution in [0.2, 0.25) is 0 Å². The van der Waals surface area contributed by atoms with Gasteiger partial charge in [-0.1, -0.05) is 13.0 Å². The zero-order chi connectivity index (χ0) is 13.1.